The number of carbonyl (C=O) groups is 1. The summed E-state index contributed by atoms with van der Waals surface area (Å²) < 4.78 is 15.0. The van der Waals surface area contributed by atoms with E-state index in [1.54, 1.807) is 7.11 Å². The number of carbonyl (C=O) groups excluding carboxylic acids is 1. The summed E-state index contributed by atoms with van der Waals surface area (Å²) in [5.74, 6) is 1.75. The summed E-state index contributed by atoms with van der Waals surface area (Å²) in [5.41, 5.74) is 3.00. The molecule has 3 rings (SSSR count). The van der Waals surface area contributed by atoms with Gasteiger partial charge in [0.15, 0.2) is 12.4 Å². The summed E-state index contributed by atoms with van der Waals surface area (Å²) in [4.78, 5) is 16.4. The Morgan fingerprint density at radius 2 is 1.92 bits per heavy atom. The van der Waals surface area contributed by atoms with Gasteiger partial charge in [0.1, 0.15) is 11.5 Å². The number of hydrogen-bond donors (Lipinski definition) is 1. The van der Waals surface area contributed by atoms with E-state index < -0.39 is 0 Å². The highest BCUT2D eigenvalue weighted by Crippen LogP contribution is 2.24. The highest BCUT2D eigenvalue weighted by Gasteiger charge is 2.11. The van der Waals surface area contributed by atoms with Crippen LogP contribution in [0.2, 0.25) is 0 Å². The lowest BCUT2D eigenvalue weighted by atomic mass is 10.1. The number of hydrogen-bond acceptors (Lipinski definition) is 6. The molecular formula is C19H19N3O3S. The molecule has 0 aliphatic rings. The maximum absolute atomic E-state index is 12.1. The van der Waals surface area contributed by atoms with Gasteiger partial charge < -0.3 is 9.47 Å². The van der Waals surface area contributed by atoms with Crippen LogP contribution < -0.4 is 14.8 Å². The van der Waals surface area contributed by atoms with Gasteiger partial charge in [0.05, 0.1) is 7.11 Å². The van der Waals surface area contributed by atoms with Gasteiger partial charge in [0.25, 0.3) is 5.91 Å². The highest BCUT2D eigenvalue weighted by atomic mass is 32.1. The van der Waals surface area contributed by atoms with Gasteiger partial charge in [-0.25, -0.2) is 0 Å². The summed E-state index contributed by atoms with van der Waals surface area (Å²) in [6.07, 6.45) is 0. The van der Waals surface area contributed by atoms with E-state index in [1.807, 2.05) is 56.3 Å². The quantitative estimate of drug-likeness (QED) is 0.714. The van der Waals surface area contributed by atoms with Crippen molar-refractivity contribution in [2.24, 2.45) is 0 Å². The first-order valence-electron chi connectivity index (χ1n) is 8.04. The zero-order valence-electron chi connectivity index (χ0n) is 14.8. The number of aromatic nitrogens is 2. The largest absolute Gasteiger partial charge is 0.497 e. The van der Waals surface area contributed by atoms with Crippen molar-refractivity contribution in [1.29, 1.82) is 0 Å². The summed E-state index contributed by atoms with van der Waals surface area (Å²) in [5, 5.41) is 3.15. The Morgan fingerprint density at radius 1 is 1.15 bits per heavy atom. The monoisotopic (exact) mass is 369 g/mol. The van der Waals surface area contributed by atoms with Crippen LogP contribution in [0.5, 0.6) is 11.5 Å². The van der Waals surface area contributed by atoms with Gasteiger partial charge in [0, 0.05) is 17.1 Å². The maximum Gasteiger partial charge on any atom is 0.264 e. The summed E-state index contributed by atoms with van der Waals surface area (Å²) in [6.45, 7) is 3.89. The molecule has 0 fully saturated rings. The van der Waals surface area contributed by atoms with Crippen LogP contribution in [0.3, 0.4) is 0 Å². The molecule has 0 unspecified atom stereocenters. The zero-order valence-corrected chi connectivity index (χ0v) is 15.6. The number of amides is 1. The topological polar surface area (TPSA) is 73.3 Å². The highest BCUT2D eigenvalue weighted by molar-refractivity contribution is 7.10. The third-order valence-corrected chi connectivity index (χ3v) is 4.56. The SMILES string of the molecule is COc1ccc(-c2nsc(NC(=O)COc3cccc(C)c3C)n2)cc1. The van der Waals surface area contributed by atoms with Gasteiger partial charge in [-0.05, 0) is 55.3 Å². The molecular weight excluding hydrogens is 350 g/mol. The Bertz CT molecular complexity index is 907. The van der Waals surface area contributed by atoms with Gasteiger partial charge in [-0.3, -0.25) is 10.1 Å². The van der Waals surface area contributed by atoms with E-state index in [0.717, 1.165) is 34.0 Å². The van der Waals surface area contributed by atoms with Crippen molar-refractivity contribution in [3.8, 4) is 22.9 Å². The standard InChI is InChI=1S/C19H19N3O3S/c1-12-5-4-6-16(13(12)2)25-11-17(23)20-19-21-18(22-26-19)14-7-9-15(24-3)10-8-14/h4-10H,11H2,1-3H3,(H,20,21,22,23). The molecule has 1 aromatic heterocycles. The van der Waals surface area contributed by atoms with Crippen LogP contribution in [0.4, 0.5) is 5.13 Å². The molecule has 26 heavy (non-hydrogen) atoms. The number of anilines is 1. The van der Waals surface area contributed by atoms with Crippen molar-refractivity contribution < 1.29 is 14.3 Å². The number of ether oxygens (including phenoxy) is 2. The molecule has 3 aromatic rings. The maximum atomic E-state index is 12.1. The van der Waals surface area contributed by atoms with Crippen LogP contribution in [-0.2, 0) is 4.79 Å². The minimum atomic E-state index is -0.275. The number of nitrogens with zero attached hydrogens (tertiary/aromatic N) is 2. The summed E-state index contributed by atoms with van der Waals surface area (Å²) >= 11 is 1.13. The molecule has 0 atom stereocenters. The molecule has 134 valence electrons. The molecule has 0 radical (unpaired) electrons. The van der Waals surface area contributed by atoms with Crippen molar-refractivity contribution in [3.63, 3.8) is 0 Å². The number of nitrogens with one attached hydrogen (secondary N) is 1. The summed E-state index contributed by atoms with van der Waals surface area (Å²) in [7, 11) is 1.62. The average Bonchev–Trinajstić information content (AvgIpc) is 3.11. The predicted molar refractivity (Wildman–Crippen MR) is 102 cm³/mol. The first-order chi connectivity index (χ1) is 12.6. The Balaban J connectivity index is 1.59. The van der Waals surface area contributed by atoms with Crippen molar-refractivity contribution in [2.75, 3.05) is 19.0 Å². The zero-order chi connectivity index (χ0) is 18.5. The lowest BCUT2D eigenvalue weighted by Crippen LogP contribution is -2.20. The van der Waals surface area contributed by atoms with E-state index in [1.165, 1.54) is 0 Å². The lowest BCUT2D eigenvalue weighted by Gasteiger charge is -2.10. The Hall–Kier alpha value is -2.93. The van der Waals surface area contributed by atoms with Gasteiger partial charge in [-0.2, -0.15) is 9.36 Å². The molecule has 0 aliphatic heterocycles. The normalized spacial score (nSPS) is 10.4. The van der Waals surface area contributed by atoms with E-state index in [4.69, 9.17) is 9.47 Å². The Kier molecular flexibility index (Phi) is 5.48. The molecule has 0 aliphatic carbocycles. The second-order valence-corrected chi connectivity index (χ2v) is 6.44. The fourth-order valence-electron chi connectivity index (χ4n) is 2.31. The second kappa shape index (κ2) is 7.97. The van der Waals surface area contributed by atoms with Gasteiger partial charge in [0.2, 0.25) is 5.13 Å². The summed E-state index contributed by atoms with van der Waals surface area (Å²) in [6, 6.07) is 13.2. The van der Waals surface area contributed by atoms with Crippen LogP contribution in [-0.4, -0.2) is 29.0 Å². The smallest absolute Gasteiger partial charge is 0.264 e. The Labute approximate surface area is 156 Å². The molecule has 0 saturated carbocycles. The molecule has 1 heterocycles. The number of rotatable bonds is 6. The van der Waals surface area contributed by atoms with E-state index in [9.17, 15) is 4.79 Å². The Morgan fingerprint density at radius 3 is 2.65 bits per heavy atom. The molecule has 0 saturated heterocycles. The molecule has 7 heteroatoms. The number of benzene rings is 2. The molecule has 0 spiro atoms. The van der Waals surface area contributed by atoms with E-state index in [2.05, 4.69) is 14.7 Å². The fraction of sp³-hybridized carbons (Fsp3) is 0.211. The van der Waals surface area contributed by atoms with Crippen molar-refractivity contribution in [1.82, 2.24) is 9.36 Å². The van der Waals surface area contributed by atoms with E-state index >= 15 is 0 Å². The minimum absolute atomic E-state index is 0.0816. The van der Waals surface area contributed by atoms with E-state index in [0.29, 0.717) is 16.7 Å². The lowest BCUT2D eigenvalue weighted by molar-refractivity contribution is -0.118. The molecule has 0 bridgehead atoms. The van der Waals surface area contributed by atoms with Crippen molar-refractivity contribution in [3.05, 3.63) is 53.6 Å². The van der Waals surface area contributed by atoms with E-state index in [-0.39, 0.29) is 12.5 Å². The second-order valence-electron chi connectivity index (χ2n) is 5.69. The predicted octanol–water partition coefficient (Wildman–Crippen LogP) is 3.85. The van der Waals surface area contributed by atoms with Crippen LogP contribution in [0.15, 0.2) is 42.5 Å². The first-order valence-corrected chi connectivity index (χ1v) is 8.81. The van der Waals surface area contributed by atoms with Crippen molar-refractivity contribution in [2.45, 2.75) is 13.8 Å². The van der Waals surface area contributed by atoms with Gasteiger partial charge >= 0.3 is 0 Å². The molecule has 6 nitrogen and oxygen atoms in total. The van der Waals surface area contributed by atoms with Crippen LogP contribution in [0.25, 0.3) is 11.4 Å². The average molecular weight is 369 g/mol. The van der Waals surface area contributed by atoms with Crippen LogP contribution in [0.1, 0.15) is 11.1 Å². The van der Waals surface area contributed by atoms with Gasteiger partial charge in [-0.1, -0.05) is 12.1 Å². The van der Waals surface area contributed by atoms with Crippen molar-refractivity contribution >= 4 is 22.6 Å². The molecule has 1 N–H and O–H groups in total. The number of aryl methyl sites for hydroxylation is 1. The third kappa shape index (κ3) is 4.18. The van der Waals surface area contributed by atoms with Crippen LogP contribution in [0, 0.1) is 13.8 Å². The number of methoxy groups -OCH3 is 1. The first kappa shape index (κ1) is 17.9. The minimum Gasteiger partial charge on any atom is -0.497 e. The molecule has 1 amide bonds. The molecule has 2 aromatic carbocycles. The van der Waals surface area contributed by atoms with Gasteiger partial charge in [-0.15, -0.1) is 0 Å². The fourth-order valence-corrected chi connectivity index (χ4v) is 2.92. The van der Waals surface area contributed by atoms with Crippen LogP contribution >= 0.6 is 11.5 Å². The third-order valence-electron chi connectivity index (χ3n) is 3.93.